The summed E-state index contributed by atoms with van der Waals surface area (Å²) in [6.45, 7) is 0. The minimum atomic E-state index is -2.80. The topological polar surface area (TPSA) is 82.3 Å². The minimum Gasteiger partial charge on any atom is -0.404 e. The Balaban J connectivity index is 0.00000169. The molecule has 0 unspecified atom stereocenters. The normalized spacial score (nSPS) is 12.3. The second kappa shape index (κ2) is 4.87. The highest BCUT2D eigenvalue weighted by Crippen LogP contribution is 2.23. The van der Waals surface area contributed by atoms with Crippen molar-refractivity contribution in [2.75, 3.05) is 0 Å². The predicted molar refractivity (Wildman–Crippen MR) is 45.5 cm³/mol. The fourth-order valence-corrected chi connectivity index (χ4v) is 0.744. The smallest absolute Gasteiger partial charge is 0.404 e. The monoisotopic (exact) mass is 228 g/mol. The standard InChI is InChI=1S/C6H6F2N2O3.ClH/c7-6(8)5(9)3-1-2-4(13-3)10(11)12;/h1-2,5-6H,9H2;1H/t5-;/m1./s1. The van der Waals surface area contributed by atoms with Crippen molar-refractivity contribution in [2.24, 2.45) is 5.73 Å². The largest absolute Gasteiger partial charge is 0.433 e. The minimum absolute atomic E-state index is 0. The van der Waals surface area contributed by atoms with Gasteiger partial charge < -0.3 is 10.2 Å². The summed E-state index contributed by atoms with van der Waals surface area (Å²) < 4.78 is 28.4. The molecule has 1 aromatic rings. The van der Waals surface area contributed by atoms with Gasteiger partial charge in [-0.3, -0.25) is 10.1 Å². The van der Waals surface area contributed by atoms with Crippen LogP contribution in [0.2, 0.25) is 0 Å². The van der Waals surface area contributed by atoms with Crippen molar-refractivity contribution in [1.29, 1.82) is 0 Å². The van der Waals surface area contributed by atoms with Crippen LogP contribution in [-0.4, -0.2) is 11.3 Å². The molecular formula is C6H7ClF2N2O3. The van der Waals surface area contributed by atoms with Crippen molar-refractivity contribution in [3.63, 3.8) is 0 Å². The molecule has 0 bridgehead atoms. The van der Waals surface area contributed by atoms with Crippen LogP contribution in [0.5, 0.6) is 0 Å². The van der Waals surface area contributed by atoms with E-state index in [1.54, 1.807) is 0 Å². The molecule has 0 saturated heterocycles. The Morgan fingerprint density at radius 3 is 2.43 bits per heavy atom. The Bertz CT molecular complexity index is 318. The third-order valence-corrected chi connectivity index (χ3v) is 1.39. The van der Waals surface area contributed by atoms with E-state index < -0.39 is 23.3 Å². The number of nitrogens with zero attached hydrogens (tertiary/aromatic N) is 1. The van der Waals surface area contributed by atoms with Gasteiger partial charge >= 0.3 is 5.88 Å². The Hall–Kier alpha value is -1.21. The molecule has 0 aromatic carbocycles. The molecule has 1 rings (SSSR count). The van der Waals surface area contributed by atoms with E-state index in [9.17, 15) is 18.9 Å². The Kier molecular flexibility index (Phi) is 4.45. The summed E-state index contributed by atoms with van der Waals surface area (Å²) in [5.74, 6) is -0.882. The van der Waals surface area contributed by atoms with Gasteiger partial charge in [0.15, 0.2) is 0 Å². The highest BCUT2D eigenvalue weighted by atomic mass is 35.5. The van der Waals surface area contributed by atoms with Crippen molar-refractivity contribution in [1.82, 2.24) is 0 Å². The number of rotatable bonds is 3. The number of hydrogen-bond donors (Lipinski definition) is 1. The van der Waals surface area contributed by atoms with Gasteiger partial charge in [-0.25, -0.2) is 8.78 Å². The highest BCUT2D eigenvalue weighted by Gasteiger charge is 2.23. The van der Waals surface area contributed by atoms with Gasteiger partial charge in [0.2, 0.25) is 0 Å². The molecule has 0 aliphatic heterocycles. The molecule has 0 aliphatic rings. The van der Waals surface area contributed by atoms with E-state index >= 15 is 0 Å². The number of nitrogens with two attached hydrogens (primary N) is 1. The maximum absolute atomic E-state index is 12.0. The summed E-state index contributed by atoms with van der Waals surface area (Å²) in [6, 6.07) is 0.431. The van der Waals surface area contributed by atoms with Crippen LogP contribution in [0.4, 0.5) is 14.7 Å². The molecule has 5 nitrogen and oxygen atoms in total. The zero-order valence-electron chi connectivity index (χ0n) is 6.72. The number of halogens is 3. The lowest BCUT2D eigenvalue weighted by atomic mass is 10.2. The van der Waals surface area contributed by atoms with Gasteiger partial charge in [-0.15, -0.1) is 12.4 Å². The average Bonchev–Trinajstić information content (AvgIpc) is 2.50. The van der Waals surface area contributed by atoms with Crippen molar-refractivity contribution in [3.8, 4) is 0 Å². The number of hydrogen-bond acceptors (Lipinski definition) is 4. The van der Waals surface area contributed by atoms with E-state index in [2.05, 4.69) is 4.42 Å². The summed E-state index contributed by atoms with van der Waals surface area (Å²) in [5.41, 5.74) is 4.98. The zero-order valence-corrected chi connectivity index (χ0v) is 7.54. The van der Waals surface area contributed by atoms with Crippen molar-refractivity contribution >= 4 is 18.3 Å². The first kappa shape index (κ1) is 12.8. The SMILES string of the molecule is Cl.N[C@H](c1ccc([N+](=O)[O-])o1)C(F)F. The summed E-state index contributed by atoms with van der Waals surface area (Å²) in [5, 5.41) is 10.1. The summed E-state index contributed by atoms with van der Waals surface area (Å²) in [7, 11) is 0. The maximum atomic E-state index is 12.0. The van der Waals surface area contributed by atoms with Crippen molar-refractivity contribution in [3.05, 3.63) is 28.0 Å². The van der Waals surface area contributed by atoms with Crippen molar-refractivity contribution < 1.29 is 18.1 Å². The quantitative estimate of drug-likeness (QED) is 0.632. The molecule has 8 heteroatoms. The van der Waals surface area contributed by atoms with E-state index in [0.717, 1.165) is 12.1 Å². The fourth-order valence-electron chi connectivity index (χ4n) is 0.744. The number of furan rings is 1. The molecule has 0 radical (unpaired) electrons. The van der Waals surface area contributed by atoms with Gasteiger partial charge in [0.05, 0.1) is 6.07 Å². The molecule has 2 N–H and O–H groups in total. The Morgan fingerprint density at radius 1 is 1.50 bits per heavy atom. The number of nitro groups is 1. The second-order valence-electron chi connectivity index (χ2n) is 2.29. The van der Waals surface area contributed by atoms with Crippen molar-refractivity contribution in [2.45, 2.75) is 12.5 Å². The van der Waals surface area contributed by atoms with Crippen LogP contribution in [0, 0.1) is 10.1 Å². The van der Waals surface area contributed by atoms with E-state index in [1.807, 2.05) is 0 Å². The molecule has 0 saturated carbocycles. The van der Waals surface area contributed by atoms with Gasteiger partial charge in [-0.1, -0.05) is 0 Å². The second-order valence-corrected chi connectivity index (χ2v) is 2.29. The van der Waals surface area contributed by atoms with Gasteiger partial charge in [-0.05, 0) is 6.07 Å². The lowest BCUT2D eigenvalue weighted by Gasteiger charge is -2.04. The van der Waals surface area contributed by atoms with Crippen LogP contribution in [-0.2, 0) is 0 Å². The molecule has 14 heavy (non-hydrogen) atoms. The Morgan fingerprint density at radius 2 is 2.07 bits per heavy atom. The first-order valence-corrected chi connectivity index (χ1v) is 3.30. The molecule has 1 atom stereocenters. The Labute approximate surface area is 83.4 Å². The van der Waals surface area contributed by atoms with Crippen LogP contribution in [0.25, 0.3) is 0 Å². The van der Waals surface area contributed by atoms with Gasteiger partial charge in [-0.2, -0.15) is 0 Å². The molecule has 0 fully saturated rings. The molecule has 0 aliphatic carbocycles. The third kappa shape index (κ3) is 2.64. The molecule has 0 amide bonds. The van der Waals surface area contributed by atoms with Crippen LogP contribution >= 0.6 is 12.4 Å². The molecule has 1 aromatic heterocycles. The van der Waals surface area contributed by atoms with Gasteiger partial charge in [0, 0.05) is 0 Å². The fraction of sp³-hybridized carbons (Fsp3) is 0.333. The lowest BCUT2D eigenvalue weighted by Crippen LogP contribution is -2.17. The average molecular weight is 229 g/mol. The predicted octanol–water partition coefficient (Wildman–Crippen LogP) is 1.87. The molecule has 80 valence electrons. The van der Waals surface area contributed by atoms with Crippen LogP contribution in [0.15, 0.2) is 16.5 Å². The number of alkyl halides is 2. The van der Waals surface area contributed by atoms with Crippen LogP contribution in [0.3, 0.4) is 0 Å². The third-order valence-electron chi connectivity index (χ3n) is 1.39. The van der Waals surface area contributed by atoms with Gasteiger partial charge in [0.1, 0.15) is 16.7 Å². The molecule has 1 heterocycles. The summed E-state index contributed by atoms with van der Waals surface area (Å²) in [6.07, 6.45) is -2.80. The lowest BCUT2D eigenvalue weighted by molar-refractivity contribution is -0.402. The zero-order chi connectivity index (χ0) is 10.0. The highest BCUT2D eigenvalue weighted by molar-refractivity contribution is 5.85. The van der Waals surface area contributed by atoms with E-state index in [-0.39, 0.29) is 18.2 Å². The first-order valence-electron chi connectivity index (χ1n) is 3.30. The van der Waals surface area contributed by atoms with Crippen LogP contribution < -0.4 is 5.73 Å². The maximum Gasteiger partial charge on any atom is 0.433 e. The van der Waals surface area contributed by atoms with Crippen LogP contribution in [0.1, 0.15) is 11.8 Å². The molecule has 0 spiro atoms. The molecular weight excluding hydrogens is 222 g/mol. The van der Waals surface area contributed by atoms with E-state index in [4.69, 9.17) is 5.73 Å². The summed E-state index contributed by atoms with van der Waals surface area (Å²) in [4.78, 5) is 9.27. The first-order chi connectivity index (χ1) is 6.02. The van der Waals surface area contributed by atoms with Gasteiger partial charge in [0.25, 0.3) is 6.43 Å². The van der Waals surface area contributed by atoms with E-state index in [1.165, 1.54) is 0 Å². The summed E-state index contributed by atoms with van der Waals surface area (Å²) >= 11 is 0. The van der Waals surface area contributed by atoms with E-state index in [0.29, 0.717) is 0 Å².